The number of rotatable bonds is 1. The Kier molecular flexibility index (Phi) is 17.3. The van der Waals surface area contributed by atoms with Gasteiger partial charge in [0.25, 0.3) is 0 Å². The SMILES string of the molecule is F[P-](F)(F)(F)(F)F.[C-]#[O+].[C-]#[O+].[C-]#[O+].[Mn].c1ccc(N2CCOCC2)cc1. The van der Waals surface area contributed by atoms with E-state index in [9.17, 15) is 25.2 Å². The van der Waals surface area contributed by atoms with Crippen LogP contribution >= 0.6 is 7.81 Å². The Morgan fingerprint density at radius 2 is 1.08 bits per heavy atom. The van der Waals surface area contributed by atoms with E-state index in [1.165, 1.54) is 5.69 Å². The molecule has 2 rings (SSSR count). The van der Waals surface area contributed by atoms with Gasteiger partial charge in [0.15, 0.2) is 0 Å². The van der Waals surface area contributed by atoms with Gasteiger partial charge in [0.2, 0.25) is 0 Å². The molecule has 0 atom stereocenters. The van der Waals surface area contributed by atoms with Crippen LogP contribution in [0.1, 0.15) is 0 Å². The zero-order valence-electron chi connectivity index (χ0n) is 12.9. The second-order valence-electron chi connectivity index (χ2n) is 3.89. The van der Waals surface area contributed by atoms with Gasteiger partial charge in [-0.1, -0.05) is 18.2 Å². The van der Waals surface area contributed by atoms with Crippen LogP contribution in [0, 0.1) is 20.0 Å². The molecule has 0 aliphatic carbocycles. The van der Waals surface area contributed by atoms with Gasteiger partial charge in [0, 0.05) is 35.8 Å². The molecular formula is C13H13F6MnNO4P-. The van der Waals surface area contributed by atoms with E-state index in [1.807, 2.05) is 6.07 Å². The average molecular weight is 447 g/mol. The van der Waals surface area contributed by atoms with Gasteiger partial charge in [-0.15, -0.1) is 0 Å². The molecule has 13 heteroatoms. The quantitative estimate of drug-likeness (QED) is 0.204. The molecule has 1 heterocycles. The molecule has 1 aliphatic rings. The number of benzene rings is 1. The van der Waals surface area contributed by atoms with Crippen molar-refractivity contribution in [1.29, 1.82) is 0 Å². The largest absolute Gasteiger partial charge is 0.378 e. The van der Waals surface area contributed by atoms with E-state index < -0.39 is 7.81 Å². The summed E-state index contributed by atoms with van der Waals surface area (Å²) in [6.07, 6.45) is 0. The number of hydrogen-bond acceptors (Lipinski definition) is 2. The zero-order chi connectivity index (χ0) is 20.6. The van der Waals surface area contributed by atoms with Crippen molar-refractivity contribution in [3.8, 4) is 0 Å². The Morgan fingerprint density at radius 1 is 0.769 bits per heavy atom. The second-order valence-corrected chi connectivity index (χ2v) is 5.81. The summed E-state index contributed by atoms with van der Waals surface area (Å²) >= 11 is 0. The summed E-state index contributed by atoms with van der Waals surface area (Å²) in [6, 6.07) is 10.5. The maximum absolute atomic E-state index is 10.7. The van der Waals surface area contributed by atoms with Gasteiger partial charge < -0.3 is 9.64 Å². The molecule has 0 saturated carbocycles. The van der Waals surface area contributed by atoms with Crippen molar-refractivity contribution < 1.29 is 60.9 Å². The van der Waals surface area contributed by atoms with E-state index in [0.29, 0.717) is 0 Å². The Bertz CT molecular complexity index is 504. The summed E-state index contributed by atoms with van der Waals surface area (Å²) in [5, 5.41) is 0. The van der Waals surface area contributed by atoms with Crippen LogP contribution < -0.4 is 4.90 Å². The van der Waals surface area contributed by atoms with Gasteiger partial charge in [0.05, 0.1) is 13.2 Å². The predicted octanol–water partition coefficient (Wildman–Crippen LogP) is 4.79. The van der Waals surface area contributed by atoms with Gasteiger partial charge in [-0.25, -0.2) is 0 Å². The van der Waals surface area contributed by atoms with Crippen LogP contribution in [0.3, 0.4) is 0 Å². The van der Waals surface area contributed by atoms with Crippen molar-refractivity contribution in [2.75, 3.05) is 31.2 Å². The Labute approximate surface area is 156 Å². The molecule has 0 amide bonds. The minimum absolute atomic E-state index is 0. The van der Waals surface area contributed by atoms with Crippen LogP contribution in [0.25, 0.3) is 0 Å². The van der Waals surface area contributed by atoms with Crippen molar-refractivity contribution in [3.05, 3.63) is 50.3 Å². The molecule has 0 bridgehead atoms. The van der Waals surface area contributed by atoms with Gasteiger partial charge in [-0.3, -0.25) is 0 Å². The van der Waals surface area contributed by atoms with Gasteiger partial charge >= 0.3 is 66.9 Å². The standard InChI is InChI=1S/C10H13NO.3CO.F6P.Mn/c1-2-4-10(5-3-1)11-6-8-12-9-7-11;3*1-2;1-7(2,3,4,5)6;/h1-5H,6-9H2;;;;;/q;;;;-1;. The van der Waals surface area contributed by atoms with Crippen molar-refractivity contribution >= 4 is 13.5 Å². The third-order valence-corrected chi connectivity index (χ3v) is 2.13. The molecule has 149 valence electrons. The Morgan fingerprint density at radius 3 is 1.38 bits per heavy atom. The van der Waals surface area contributed by atoms with E-state index in [1.54, 1.807) is 0 Å². The number of ether oxygens (including phenoxy) is 1. The summed E-state index contributed by atoms with van der Waals surface area (Å²) in [6.45, 7) is 17.2. The first-order valence-electron chi connectivity index (χ1n) is 5.97. The molecule has 1 saturated heterocycles. The van der Waals surface area contributed by atoms with E-state index in [2.05, 4.69) is 49.1 Å². The van der Waals surface area contributed by atoms with Gasteiger partial charge in [0.1, 0.15) is 0 Å². The maximum Gasteiger partial charge on any atom is 0.0642 e. The van der Waals surface area contributed by atoms with Crippen LogP contribution in [-0.4, -0.2) is 26.3 Å². The van der Waals surface area contributed by atoms with Crippen LogP contribution in [-0.2, 0) is 35.8 Å². The molecule has 0 N–H and O–H groups in total. The van der Waals surface area contributed by atoms with Gasteiger partial charge in [-0.05, 0) is 12.1 Å². The van der Waals surface area contributed by atoms with Crippen molar-refractivity contribution in [2.24, 2.45) is 0 Å². The third kappa shape index (κ3) is 30.6. The van der Waals surface area contributed by atoms with E-state index in [0.717, 1.165) is 26.3 Å². The summed E-state index contributed by atoms with van der Waals surface area (Å²) < 4.78 is 87.0. The molecule has 26 heavy (non-hydrogen) atoms. The van der Waals surface area contributed by atoms with Crippen molar-refractivity contribution in [1.82, 2.24) is 0 Å². The smallest absolute Gasteiger partial charge is 0.0642 e. The molecule has 1 aliphatic heterocycles. The molecular weight excluding hydrogens is 434 g/mol. The predicted molar refractivity (Wildman–Crippen MR) is 74.8 cm³/mol. The second kappa shape index (κ2) is 13.9. The van der Waals surface area contributed by atoms with E-state index in [4.69, 9.17) is 18.7 Å². The molecule has 1 radical (unpaired) electrons. The summed E-state index contributed by atoms with van der Waals surface area (Å²) in [7, 11) is -10.7. The van der Waals surface area contributed by atoms with Crippen molar-refractivity contribution in [3.63, 3.8) is 0 Å². The molecule has 1 fully saturated rings. The van der Waals surface area contributed by atoms with Crippen LogP contribution in [0.5, 0.6) is 0 Å². The van der Waals surface area contributed by atoms with Crippen molar-refractivity contribution in [2.45, 2.75) is 0 Å². The normalized spacial score (nSPS) is 14.7. The first-order chi connectivity index (χ1) is 11.4. The molecule has 0 spiro atoms. The first kappa shape index (κ1) is 32.4. The minimum atomic E-state index is -10.7. The first-order valence-corrected chi connectivity index (χ1v) is 8.00. The average Bonchev–Trinajstić information content (AvgIpc) is 2.59. The van der Waals surface area contributed by atoms with Crippen LogP contribution in [0.2, 0.25) is 0 Å². The number of para-hydroxylation sites is 1. The number of halogens is 6. The van der Waals surface area contributed by atoms with Crippen LogP contribution in [0.4, 0.5) is 30.9 Å². The van der Waals surface area contributed by atoms with Gasteiger partial charge in [-0.2, -0.15) is 0 Å². The Balaban J connectivity index is -0.000000151. The summed E-state index contributed by atoms with van der Waals surface area (Å²) in [5.74, 6) is 0. The van der Waals surface area contributed by atoms with E-state index >= 15 is 0 Å². The fourth-order valence-electron chi connectivity index (χ4n) is 1.46. The monoisotopic (exact) mass is 447 g/mol. The molecule has 0 aromatic heterocycles. The maximum atomic E-state index is 9.87. The molecule has 1 aromatic carbocycles. The summed E-state index contributed by atoms with van der Waals surface area (Å²) in [4.78, 5) is 2.35. The fraction of sp³-hybridized carbons (Fsp3) is 0.308. The molecule has 0 unspecified atom stereocenters. The van der Waals surface area contributed by atoms with E-state index in [-0.39, 0.29) is 17.1 Å². The Hall–Kier alpha value is -1.27. The minimum Gasteiger partial charge on any atom is -0.378 e. The number of nitrogens with zero attached hydrogens (tertiary/aromatic N) is 1. The molecule has 5 nitrogen and oxygen atoms in total. The zero-order valence-corrected chi connectivity index (χ0v) is 15.0. The summed E-state index contributed by atoms with van der Waals surface area (Å²) in [5.41, 5.74) is 1.31. The molecule has 1 aromatic rings. The number of anilines is 1. The fourth-order valence-corrected chi connectivity index (χ4v) is 1.46. The topological polar surface area (TPSA) is 72.2 Å². The number of hydrogen-bond donors (Lipinski definition) is 0. The number of morpholine rings is 1. The third-order valence-electron chi connectivity index (χ3n) is 2.13. The van der Waals surface area contributed by atoms with Crippen LogP contribution in [0.15, 0.2) is 30.3 Å².